The zero-order valence-corrected chi connectivity index (χ0v) is 18.0. The number of nitrogens with zero attached hydrogens (tertiary/aromatic N) is 1. The van der Waals surface area contributed by atoms with Crippen molar-refractivity contribution in [3.05, 3.63) is 96.6 Å². The van der Waals surface area contributed by atoms with Crippen molar-refractivity contribution >= 4 is 33.0 Å². The normalized spacial score (nSPS) is 12.0. The van der Waals surface area contributed by atoms with Crippen LogP contribution in [0.25, 0.3) is 0 Å². The van der Waals surface area contributed by atoms with Crippen molar-refractivity contribution in [2.45, 2.75) is 18.7 Å². The molecule has 7 heteroatoms. The molecule has 6 nitrogen and oxygen atoms in total. The second-order valence-corrected chi connectivity index (χ2v) is 9.43. The molecule has 0 spiro atoms. The largest absolute Gasteiger partial charge is 0.325 e. The molecule has 0 aromatic heterocycles. The Morgan fingerprint density at radius 2 is 1.35 bits per heavy atom. The fourth-order valence-corrected chi connectivity index (χ4v) is 4.19. The number of hydrogen-bond donors (Lipinski definition) is 1. The van der Waals surface area contributed by atoms with Crippen LogP contribution in [-0.4, -0.2) is 31.2 Å². The summed E-state index contributed by atoms with van der Waals surface area (Å²) in [6.45, 7) is 1.55. The summed E-state index contributed by atoms with van der Waals surface area (Å²) < 4.78 is 25.7. The number of rotatable bonds is 8. The summed E-state index contributed by atoms with van der Waals surface area (Å²) in [5, 5.41) is 1.17. The van der Waals surface area contributed by atoms with Crippen LogP contribution in [0, 0.1) is 0 Å². The van der Waals surface area contributed by atoms with Crippen LogP contribution < -0.4 is 10.2 Å². The molecule has 0 aliphatic rings. The fraction of sp³-hybridized carbons (Fsp3) is 0.167. The van der Waals surface area contributed by atoms with Crippen molar-refractivity contribution in [3.63, 3.8) is 0 Å². The maximum absolute atomic E-state index is 13.2. The summed E-state index contributed by atoms with van der Waals surface area (Å²) in [5.41, 5.74) is 1.95. The fourth-order valence-electron chi connectivity index (χ4n) is 3.07. The van der Waals surface area contributed by atoms with E-state index >= 15 is 0 Å². The van der Waals surface area contributed by atoms with Crippen molar-refractivity contribution in [2.24, 2.45) is 0 Å². The minimum atomic E-state index is -4.03. The summed E-state index contributed by atoms with van der Waals surface area (Å²) in [5.74, 6) is -2.04. The molecule has 1 atom stereocenters. The summed E-state index contributed by atoms with van der Waals surface area (Å²) in [6.07, 6.45) is 0. The van der Waals surface area contributed by atoms with Crippen LogP contribution >= 0.6 is 0 Å². The standard InChI is InChI=1S/C24H24N2O4S/c1-19(31(29,30)18-23(27)25-21-13-7-3-8-14-21)24(28)26(22-15-9-4-10-16-22)17-20-11-5-2-6-12-20/h2-16,19H,17-18H2,1H3,(H,25,27). The Hall–Kier alpha value is -3.45. The van der Waals surface area contributed by atoms with Crippen LogP contribution in [0.15, 0.2) is 91.0 Å². The van der Waals surface area contributed by atoms with E-state index in [1.54, 1.807) is 54.6 Å². The van der Waals surface area contributed by atoms with Crippen molar-refractivity contribution in [1.29, 1.82) is 0 Å². The van der Waals surface area contributed by atoms with Gasteiger partial charge in [-0.3, -0.25) is 9.59 Å². The first kappa shape index (κ1) is 22.2. The van der Waals surface area contributed by atoms with Gasteiger partial charge in [0.15, 0.2) is 9.84 Å². The second-order valence-electron chi connectivity index (χ2n) is 7.11. The van der Waals surface area contributed by atoms with Crippen LogP contribution in [0.4, 0.5) is 11.4 Å². The number of hydrogen-bond acceptors (Lipinski definition) is 4. The third-order valence-corrected chi connectivity index (χ3v) is 6.74. The van der Waals surface area contributed by atoms with Gasteiger partial charge in [-0.25, -0.2) is 8.42 Å². The molecule has 160 valence electrons. The lowest BCUT2D eigenvalue weighted by Gasteiger charge is -2.26. The first-order valence-electron chi connectivity index (χ1n) is 9.83. The Morgan fingerprint density at radius 1 is 0.839 bits per heavy atom. The molecule has 0 radical (unpaired) electrons. The van der Waals surface area contributed by atoms with Gasteiger partial charge in [-0.1, -0.05) is 66.7 Å². The molecule has 0 fully saturated rings. The Labute approximate surface area is 182 Å². The van der Waals surface area contributed by atoms with Gasteiger partial charge in [0.25, 0.3) is 0 Å². The molecular weight excluding hydrogens is 412 g/mol. The smallest absolute Gasteiger partial charge is 0.245 e. The molecular formula is C24H24N2O4S. The summed E-state index contributed by atoms with van der Waals surface area (Å²) >= 11 is 0. The van der Waals surface area contributed by atoms with E-state index in [2.05, 4.69) is 5.32 Å². The highest BCUT2D eigenvalue weighted by Gasteiger charge is 2.34. The number of carbonyl (C=O) groups is 2. The molecule has 2 amide bonds. The number of amides is 2. The van der Waals surface area contributed by atoms with Gasteiger partial charge in [-0.05, 0) is 36.8 Å². The van der Waals surface area contributed by atoms with Gasteiger partial charge in [0.05, 0.1) is 6.54 Å². The zero-order valence-electron chi connectivity index (χ0n) is 17.1. The van der Waals surface area contributed by atoms with E-state index in [9.17, 15) is 18.0 Å². The average molecular weight is 437 g/mol. The van der Waals surface area contributed by atoms with Crippen molar-refractivity contribution in [3.8, 4) is 0 Å². The predicted molar refractivity (Wildman–Crippen MR) is 122 cm³/mol. The van der Waals surface area contributed by atoms with Crippen molar-refractivity contribution < 1.29 is 18.0 Å². The lowest BCUT2D eigenvalue weighted by atomic mass is 10.2. The van der Waals surface area contributed by atoms with E-state index in [4.69, 9.17) is 0 Å². The van der Waals surface area contributed by atoms with E-state index in [0.717, 1.165) is 5.56 Å². The summed E-state index contributed by atoms with van der Waals surface area (Å²) in [7, 11) is -4.03. The summed E-state index contributed by atoms with van der Waals surface area (Å²) in [4.78, 5) is 27.0. The van der Waals surface area contributed by atoms with Gasteiger partial charge in [-0.2, -0.15) is 0 Å². The Kier molecular flexibility index (Phi) is 7.20. The molecule has 0 bridgehead atoms. The Bertz CT molecular complexity index is 1120. The topological polar surface area (TPSA) is 83.6 Å². The van der Waals surface area contributed by atoms with Gasteiger partial charge in [-0.15, -0.1) is 0 Å². The van der Waals surface area contributed by atoms with E-state index in [1.807, 2.05) is 36.4 Å². The second kappa shape index (κ2) is 10.0. The molecule has 31 heavy (non-hydrogen) atoms. The molecule has 0 aliphatic heterocycles. The molecule has 3 aromatic rings. The van der Waals surface area contributed by atoms with E-state index in [-0.39, 0.29) is 6.54 Å². The number of nitrogens with one attached hydrogen (secondary N) is 1. The summed E-state index contributed by atoms with van der Waals surface area (Å²) in [6, 6.07) is 26.8. The first-order chi connectivity index (χ1) is 14.9. The Balaban J connectivity index is 1.78. The highest BCUT2D eigenvalue weighted by Crippen LogP contribution is 2.20. The molecule has 1 unspecified atom stereocenters. The number of anilines is 2. The van der Waals surface area contributed by atoms with E-state index < -0.39 is 32.7 Å². The number of carbonyl (C=O) groups excluding carboxylic acids is 2. The average Bonchev–Trinajstić information content (AvgIpc) is 2.78. The van der Waals surface area contributed by atoms with E-state index in [0.29, 0.717) is 11.4 Å². The monoisotopic (exact) mass is 436 g/mol. The Morgan fingerprint density at radius 3 is 1.94 bits per heavy atom. The van der Waals surface area contributed by atoms with Crippen LogP contribution in [-0.2, 0) is 26.0 Å². The van der Waals surface area contributed by atoms with Crippen LogP contribution in [0.5, 0.6) is 0 Å². The number of para-hydroxylation sites is 2. The minimum Gasteiger partial charge on any atom is -0.325 e. The third-order valence-electron chi connectivity index (χ3n) is 4.79. The van der Waals surface area contributed by atoms with Crippen LogP contribution in [0.1, 0.15) is 12.5 Å². The van der Waals surface area contributed by atoms with Gasteiger partial charge < -0.3 is 10.2 Å². The van der Waals surface area contributed by atoms with Gasteiger partial charge in [0.1, 0.15) is 11.0 Å². The maximum Gasteiger partial charge on any atom is 0.245 e. The predicted octanol–water partition coefficient (Wildman–Crippen LogP) is 3.66. The lowest BCUT2D eigenvalue weighted by Crippen LogP contribution is -2.43. The number of benzene rings is 3. The molecule has 3 aromatic carbocycles. The maximum atomic E-state index is 13.2. The van der Waals surface area contributed by atoms with Crippen molar-refractivity contribution in [1.82, 2.24) is 0 Å². The molecule has 0 heterocycles. The van der Waals surface area contributed by atoms with E-state index in [1.165, 1.54) is 11.8 Å². The molecule has 3 rings (SSSR count). The third kappa shape index (κ3) is 6.02. The lowest BCUT2D eigenvalue weighted by molar-refractivity contribution is -0.118. The van der Waals surface area contributed by atoms with Crippen molar-refractivity contribution in [2.75, 3.05) is 16.0 Å². The zero-order chi connectivity index (χ0) is 22.3. The molecule has 0 saturated carbocycles. The minimum absolute atomic E-state index is 0.222. The highest BCUT2D eigenvalue weighted by atomic mass is 32.2. The van der Waals surface area contributed by atoms with Crippen LogP contribution in [0.2, 0.25) is 0 Å². The quantitative estimate of drug-likeness (QED) is 0.584. The molecule has 0 saturated heterocycles. The number of sulfone groups is 1. The van der Waals surface area contributed by atoms with Gasteiger partial charge in [0, 0.05) is 11.4 Å². The molecule has 1 N–H and O–H groups in total. The SMILES string of the molecule is CC(C(=O)N(Cc1ccccc1)c1ccccc1)S(=O)(=O)CC(=O)Nc1ccccc1. The first-order valence-corrected chi connectivity index (χ1v) is 11.6. The highest BCUT2D eigenvalue weighted by molar-refractivity contribution is 7.93. The van der Waals surface area contributed by atoms with Crippen LogP contribution in [0.3, 0.4) is 0 Å². The molecule has 0 aliphatic carbocycles. The van der Waals surface area contributed by atoms with Gasteiger partial charge in [0.2, 0.25) is 11.8 Å². The van der Waals surface area contributed by atoms with Gasteiger partial charge >= 0.3 is 0 Å².